The Bertz CT molecular complexity index is 408. The van der Waals surface area contributed by atoms with Gasteiger partial charge in [0, 0.05) is 19.0 Å². The summed E-state index contributed by atoms with van der Waals surface area (Å²) in [4.78, 5) is 11.3. The van der Waals surface area contributed by atoms with Gasteiger partial charge in [-0.25, -0.2) is 0 Å². The molecular formula is C16H21NO. The third kappa shape index (κ3) is 12.1. The van der Waals surface area contributed by atoms with Crippen molar-refractivity contribution < 1.29 is 4.79 Å². The van der Waals surface area contributed by atoms with Gasteiger partial charge in [0.05, 0.1) is 0 Å². The highest BCUT2D eigenvalue weighted by molar-refractivity contribution is 5.87. The Morgan fingerprint density at radius 1 is 1.28 bits per heavy atom. The van der Waals surface area contributed by atoms with Crippen molar-refractivity contribution in [2.75, 3.05) is 6.54 Å². The zero-order valence-electron chi connectivity index (χ0n) is 11.4. The van der Waals surface area contributed by atoms with Crippen molar-refractivity contribution in [2.45, 2.75) is 33.6 Å². The lowest BCUT2D eigenvalue weighted by molar-refractivity contribution is -0.116. The molecule has 2 heteroatoms. The van der Waals surface area contributed by atoms with E-state index in [2.05, 4.69) is 42.8 Å². The molecule has 0 radical (unpaired) electrons. The lowest BCUT2D eigenvalue weighted by Gasteiger charge is -2.03. The number of amides is 1. The van der Waals surface area contributed by atoms with Crippen LogP contribution in [0.25, 0.3) is 0 Å². The molecule has 0 fully saturated rings. The summed E-state index contributed by atoms with van der Waals surface area (Å²) in [6, 6.07) is 0. The minimum atomic E-state index is -0.0497. The van der Waals surface area contributed by atoms with E-state index < -0.39 is 0 Å². The second-order valence-corrected chi connectivity index (χ2v) is 4.14. The smallest absolute Gasteiger partial charge is 0.243 e. The Labute approximate surface area is 111 Å². The molecule has 0 unspecified atom stereocenters. The van der Waals surface area contributed by atoms with Crippen molar-refractivity contribution in [2.24, 2.45) is 5.92 Å². The van der Waals surface area contributed by atoms with Crippen LogP contribution in [0.2, 0.25) is 0 Å². The summed E-state index contributed by atoms with van der Waals surface area (Å²) in [5.41, 5.74) is 0. The first-order valence-corrected chi connectivity index (χ1v) is 6.17. The topological polar surface area (TPSA) is 29.1 Å². The zero-order chi connectivity index (χ0) is 13.6. The molecule has 96 valence electrons. The number of carbonyl (C=O) groups is 1. The Hall–Kier alpha value is -1.93. The van der Waals surface area contributed by atoms with Crippen LogP contribution >= 0.6 is 0 Å². The summed E-state index contributed by atoms with van der Waals surface area (Å²) in [7, 11) is 0. The highest BCUT2D eigenvalue weighted by atomic mass is 16.1. The van der Waals surface area contributed by atoms with Crippen LogP contribution in [0.3, 0.4) is 0 Å². The van der Waals surface area contributed by atoms with Gasteiger partial charge in [0.1, 0.15) is 0 Å². The number of unbranched alkanes of at least 4 members (excludes halogenated alkanes) is 1. The summed E-state index contributed by atoms with van der Waals surface area (Å²) in [6.07, 6.45) is 8.79. The fraction of sp³-hybridized carbons (Fsp3) is 0.438. The van der Waals surface area contributed by atoms with E-state index in [1.165, 1.54) is 6.08 Å². The third-order valence-corrected chi connectivity index (χ3v) is 1.89. The molecule has 0 saturated carbocycles. The lowest BCUT2D eigenvalue weighted by atomic mass is 10.2. The summed E-state index contributed by atoms with van der Waals surface area (Å²) >= 11 is 0. The summed E-state index contributed by atoms with van der Waals surface area (Å²) < 4.78 is 0. The van der Waals surface area contributed by atoms with Crippen molar-refractivity contribution >= 4 is 5.91 Å². The van der Waals surface area contributed by atoms with Crippen LogP contribution in [0.5, 0.6) is 0 Å². The van der Waals surface area contributed by atoms with E-state index in [4.69, 9.17) is 0 Å². The van der Waals surface area contributed by atoms with Gasteiger partial charge in [0.2, 0.25) is 5.91 Å². The van der Waals surface area contributed by atoms with Gasteiger partial charge >= 0.3 is 0 Å². The molecule has 0 aromatic carbocycles. The average molecular weight is 243 g/mol. The maximum atomic E-state index is 11.3. The molecule has 1 N–H and O–H groups in total. The quantitative estimate of drug-likeness (QED) is 0.330. The van der Waals surface area contributed by atoms with E-state index in [0.717, 1.165) is 12.8 Å². The SMILES string of the molecule is CC#CC#CCC/C=C\C=C\C(=O)NCC(C)C. The van der Waals surface area contributed by atoms with E-state index in [0.29, 0.717) is 12.5 Å². The number of rotatable bonds is 6. The fourth-order valence-corrected chi connectivity index (χ4v) is 1.01. The van der Waals surface area contributed by atoms with E-state index in [1.54, 1.807) is 13.0 Å². The molecule has 0 aliphatic heterocycles. The fourth-order valence-electron chi connectivity index (χ4n) is 1.01. The van der Waals surface area contributed by atoms with Crippen LogP contribution in [0, 0.1) is 29.6 Å². The second-order valence-electron chi connectivity index (χ2n) is 4.14. The van der Waals surface area contributed by atoms with Gasteiger partial charge in [-0.1, -0.05) is 43.9 Å². The van der Waals surface area contributed by atoms with Crippen LogP contribution in [0.15, 0.2) is 24.3 Å². The number of nitrogens with one attached hydrogen (secondary N) is 1. The van der Waals surface area contributed by atoms with Crippen molar-refractivity contribution in [3.63, 3.8) is 0 Å². The average Bonchev–Trinajstić information content (AvgIpc) is 2.34. The molecule has 0 aliphatic carbocycles. The normalized spacial score (nSPS) is 10.0. The number of carbonyl (C=O) groups excluding carboxylic acids is 1. The molecule has 0 aromatic heterocycles. The second kappa shape index (κ2) is 11.6. The molecule has 0 heterocycles. The monoisotopic (exact) mass is 243 g/mol. The Kier molecular flexibility index (Phi) is 10.3. The summed E-state index contributed by atoms with van der Waals surface area (Å²) in [5.74, 6) is 11.5. The van der Waals surface area contributed by atoms with Gasteiger partial charge in [-0.05, 0) is 31.1 Å². The number of hydrogen-bond donors (Lipinski definition) is 1. The van der Waals surface area contributed by atoms with Crippen molar-refractivity contribution in [1.82, 2.24) is 5.32 Å². The largest absolute Gasteiger partial charge is 0.352 e. The van der Waals surface area contributed by atoms with Gasteiger partial charge in [-0.3, -0.25) is 4.79 Å². The zero-order valence-corrected chi connectivity index (χ0v) is 11.4. The lowest BCUT2D eigenvalue weighted by Crippen LogP contribution is -2.25. The minimum absolute atomic E-state index is 0.0497. The van der Waals surface area contributed by atoms with E-state index in [-0.39, 0.29) is 5.91 Å². The van der Waals surface area contributed by atoms with Gasteiger partial charge in [-0.2, -0.15) is 0 Å². The number of allylic oxidation sites excluding steroid dienone is 3. The van der Waals surface area contributed by atoms with Crippen LogP contribution in [-0.4, -0.2) is 12.5 Å². The van der Waals surface area contributed by atoms with Crippen LogP contribution in [0.1, 0.15) is 33.6 Å². The highest BCUT2D eigenvalue weighted by Gasteiger charge is 1.95. The maximum Gasteiger partial charge on any atom is 0.243 e. The Balaban J connectivity index is 3.71. The molecule has 0 bridgehead atoms. The molecule has 0 saturated heterocycles. The number of hydrogen-bond acceptors (Lipinski definition) is 1. The van der Waals surface area contributed by atoms with Crippen molar-refractivity contribution in [1.29, 1.82) is 0 Å². The first kappa shape index (κ1) is 16.1. The molecular weight excluding hydrogens is 222 g/mol. The summed E-state index contributed by atoms with van der Waals surface area (Å²) in [5, 5.41) is 2.81. The van der Waals surface area contributed by atoms with Gasteiger partial charge in [0.15, 0.2) is 0 Å². The van der Waals surface area contributed by atoms with Crippen LogP contribution < -0.4 is 5.32 Å². The molecule has 0 aliphatic rings. The molecule has 0 spiro atoms. The predicted octanol–water partition coefficient (Wildman–Crippen LogP) is 2.68. The molecule has 2 nitrogen and oxygen atoms in total. The van der Waals surface area contributed by atoms with Gasteiger partial charge in [-0.15, -0.1) is 0 Å². The minimum Gasteiger partial charge on any atom is -0.352 e. The predicted molar refractivity (Wildman–Crippen MR) is 76.6 cm³/mol. The molecule has 18 heavy (non-hydrogen) atoms. The van der Waals surface area contributed by atoms with Crippen molar-refractivity contribution in [3.05, 3.63) is 24.3 Å². The first-order valence-electron chi connectivity index (χ1n) is 6.17. The van der Waals surface area contributed by atoms with Crippen LogP contribution in [0.4, 0.5) is 0 Å². The van der Waals surface area contributed by atoms with Gasteiger partial charge < -0.3 is 5.32 Å². The molecule has 0 aromatic rings. The summed E-state index contributed by atoms with van der Waals surface area (Å²) in [6.45, 7) is 6.60. The molecule has 0 rings (SSSR count). The third-order valence-electron chi connectivity index (χ3n) is 1.89. The Morgan fingerprint density at radius 3 is 2.72 bits per heavy atom. The van der Waals surface area contributed by atoms with E-state index >= 15 is 0 Å². The molecule has 1 amide bonds. The Morgan fingerprint density at radius 2 is 2.06 bits per heavy atom. The first-order chi connectivity index (χ1) is 8.66. The maximum absolute atomic E-state index is 11.3. The highest BCUT2D eigenvalue weighted by Crippen LogP contribution is 1.90. The molecule has 0 atom stereocenters. The van der Waals surface area contributed by atoms with E-state index in [1.807, 2.05) is 12.2 Å². The van der Waals surface area contributed by atoms with Crippen molar-refractivity contribution in [3.8, 4) is 23.7 Å². The van der Waals surface area contributed by atoms with Crippen LogP contribution in [-0.2, 0) is 4.79 Å². The van der Waals surface area contributed by atoms with E-state index in [9.17, 15) is 4.79 Å². The van der Waals surface area contributed by atoms with Gasteiger partial charge in [0.25, 0.3) is 0 Å². The standard InChI is InChI=1S/C16H21NO/c1-4-5-6-7-8-9-10-11-12-13-16(18)17-14-15(2)3/h10-13,15H,8-9,14H2,1-3H3,(H,17,18)/b11-10-,13-12+.